The maximum absolute atomic E-state index is 13.0. The van der Waals surface area contributed by atoms with E-state index >= 15 is 0 Å². The summed E-state index contributed by atoms with van der Waals surface area (Å²) in [5, 5.41) is 3.75. The summed E-state index contributed by atoms with van der Waals surface area (Å²) in [7, 11) is 2.16. The van der Waals surface area contributed by atoms with Crippen LogP contribution in [0.15, 0.2) is 66.4 Å². The Morgan fingerprint density at radius 3 is 2.68 bits per heavy atom. The van der Waals surface area contributed by atoms with Crippen LogP contribution in [0.2, 0.25) is 0 Å². The van der Waals surface area contributed by atoms with Gasteiger partial charge >= 0.3 is 0 Å². The maximum atomic E-state index is 13.0. The summed E-state index contributed by atoms with van der Waals surface area (Å²) < 4.78 is 3.35. The molecular formula is C25H28N8O. The van der Waals surface area contributed by atoms with Gasteiger partial charge in [0.25, 0.3) is 5.56 Å². The predicted octanol–water partition coefficient (Wildman–Crippen LogP) is 2.97. The van der Waals surface area contributed by atoms with Gasteiger partial charge in [-0.15, -0.1) is 6.58 Å². The van der Waals surface area contributed by atoms with Crippen LogP contribution >= 0.6 is 0 Å². The number of nitrogens with zero attached hydrogens (tertiary/aromatic N) is 7. The number of rotatable bonds is 6. The van der Waals surface area contributed by atoms with Crippen LogP contribution in [0.25, 0.3) is 16.7 Å². The van der Waals surface area contributed by atoms with Crippen LogP contribution in [0.4, 0.5) is 17.3 Å². The number of aryl methyl sites for hydroxylation is 1. The Hall–Kier alpha value is -3.98. The lowest BCUT2D eigenvalue weighted by molar-refractivity contribution is 0.312. The van der Waals surface area contributed by atoms with Gasteiger partial charge in [0, 0.05) is 49.9 Å². The molecule has 0 unspecified atom stereocenters. The van der Waals surface area contributed by atoms with Crippen LogP contribution in [0.5, 0.6) is 0 Å². The quantitative estimate of drug-likeness (QED) is 0.447. The standard InChI is InChI=1S/C25H28N8O/c1-4-10-32-24(34)21-17-27-25(29-23(21)33(32)20-6-5-9-26-16-20)28-19-7-8-22(18(2)15-19)31-13-11-30(3)12-14-31/h4-9,15-17H,1,10-14H2,2-3H3,(H,27,28,29). The lowest BCUT2D eigenvalue weighted by Gasteiger charge is -2.35. The SMILES string of the molecule is C=CCn1c(=O)c2cnc(Nc3ccc(N4CCN(C)CC4)c(C)c3)nc2n1-c1cccnc1. The topological polar surface area (TPSA) is 84.1 Å². The van der Waals surface area contributed by atoms with Gasteiger partial charge in [-0.05, 0) is 49.9 Å². The number of anilines is 3. The first-order valence-electron chi connectivity index (χ1n) is 11.4. The van der Waals surface area contributed by atoms with Crippen LogP contribution in [-0.4, -0.2) is 62.4 Å². The van der Waals surface area contributed by atoms with Crippen LogP contribution in [0.1, 0.15) is 5.56 Å². The number of aromatic nitrogens is 5. The van der Waals surface area contributed by atoms with Gasteiger partial charge in [0.2, 0.25) is 5.95 Å². The molecule has 9 nitrogen and oxygen atoms in total. The van der Waals surface area contributed by atoms with Crippen LogP contribution < -0.4 is 15.8 Å². The molecule has 34 heavy (non-hydrogen) atoms. The van der Waals surface area contributed by atoms with E-state index in [1.54, 1.807) is 34.0 Å². The highest BCUT2D eigenvalue weighted by Crippen LogP contribution is 2.26. The molecule has 0 amide bonds. The molecule has 5 rings (SSSR count). The summed E-state index contributed by atoms with van der Waals surface area (Å²) in [4.78, 5) is 31.1. The molecule has 0 bridgehead atoms. The third kappa shape index (κ3) is 4.06. The van der Waals surface area contributed by atoms with Crippen molar-refractivity contribution in [2.75, 3.05) is 43.4 Å². The fourth-order valence-electron chi connectivity index (χ4n) is 4.38. The van der Waals surface area contributed by atoms with Gasteiger partial charge in [0.15, 0.2) is 5.65 Å². The van der Waals surface area contributed by atoms with E-state index in [0.29, 0.717) is 23.5 Å². The molecule has 1 N–H and O–H groups in total. The van der Waals surface area contributed by atoms with E-state index in [2.05, 4.69) is 57.8 Å². The number of likely N-dealkylation sites (N-methyl/N-ethyl adjacent to an activating group) is 1. The van der Waals surface area contributed by atoms with Crippen molar-refractivity contribution in [1.82, 2.24) is 29.2 Å². The monoisotopic (exact) mass is 456 g/mol. The van der Waals surface area contributed by atoms with E-state index in [9.17, 15) is 4.79 Å². The van der Waals surface area contributed by atoms with Crippen molar-refractivity contribution in [1.29, 1.82) is 0 Å². The van der Waals surface area contributed by atoms with Crippen molar-refractivity contribution >= 4 is 28.4 Å². The summed E-state index contributed by atoms with van der Waals surface area (Å²) in [5.74, 6) is 0.424. The first-order valence-corrected chi connectivity index (χ1v) is 11.4. The number of pyridine rings is 1. The maximum Gasteiger partial charge on any atom is 0.278 e. The molecular weight excluding hydrogens is 428 g/mol. The normalized spacial score (nSPS) is 14.5. The van der Waals surface area contributed by atoms with E-state index in [1.807, 2.05) is 18.2 Å². The Balaban J connectivity index is 1.49. The second-order valence-electron chi connectivity index (χ2n) is 8.55. The van der Waals surface area contributed by atoms with Gasteiger partial charge in [0.05, 0.1) is 18.4 Å². The fraction of sp³-hybridized carbons (Fsp3) is 0.280. The van der Waals surface area contributed by atoms with E-state index in [4.69, 9.17) is 4.98 Å². The fourth-order valence-corrected chi connectivity index (χ4v) is 4.38. The van der Waals surface area contributed by atoms with Gasteiger partial charge in [-0.1, -0.05) is 6.08 Å². The summed E-state index contributed by atoms with van der Waals surface area (Å²) in [6.45, 7) is 10.4. The molecule has 9 heteroatoms. The molecule has 1 aliphatic heterocycles. The summed E-state index contributed by atoms with van der Waals surface area (Å²) in [6, 6.07) is 10.0. The van der Waals surface area contributed by atoms with Gasteiger partial charge in [-0.25, -0.2) is 14.3 Å². The van der Waals surface area contributed by atoms with Gasteiger partial charge in [-0.3, -0.25) is 9.78 Å². The molecule has 4 heterocycles. The number of piperazine rings is 1. The lowest BCUT2D eigenvalue weighted by Crippen LogP contribution is -2.44. The Bertz CT molecular complexity index is 1380. The van der Waals surface area contributed by atoms with Gasteiger partial charge in [-0.2, -0.15) is 4.98 Å². The van der Waals surface area contributed by atoms with Crippen LogP contribution in [0.3, 0.4) is 0 Å². The molecule has 1 aromatic carbocycles. The minimum absolute atomic E-state index is 0.169. The lowest BCUT2D eigenvalue weighted by atomic mass is 10.1. The molecule has 1 fully saturated rings. The first kappa shape index (κ1) is 21.8. The van der Waals surface area contributed by atoms with Crippen LogP contribution in [-0.2, 0) is 6.54 Å². The van der Waals surface area contributed by atoms with Gasteiger partial charge < -0.3 is 15.1 Å². The zero-order valence-electron chi connectivity index (χ0n) is 19.5. The summed E-state index contributed by atoms with van der Waals surface area (Å²) >= 11 is 0. The first-order chi connectivity index (χ1) is 16.5. The van der Waals surface area contributed by atoms with E-state index in [0.717, 1.165) is 37.6 Å². The van der Waals surface area contributed by atoms with Crippen molar-refractivity contribution < 1.29 is 0 Å². The van der Waals surface area contributed by atoms with Crippen molar-refractivity contribution in [3.8, 4) is 5.69 Å². The molecule has 1 saturated heterocycles. The van der Waals surface area contributed by atoms with Gasteiger partial charge in [0.1, 0.15) is 5.39 Å². The Kier molecular flexibility index (Phi) is 5.85. The number of hydrogen-bond donors (Lipinski definition) is 1. The Labute approximate surface area is 198 Å². The molecule has 4 aromatic rings. The zero-order valence-corrected chi connectivity index (χ0v) is 19.5. The zero-order chi connectivity index (χ0) is 23.7. The molecule has 0 saturated carbocycles. The molecule has 0 aliphatic carbocycles. The van der Waals surface area contributed by atoms with Crippen molar-refractivity contribution in [3.05, 3.63) is 77.5 Å². The smallest absolute Gasteiger partial charge is 0.278 e. The average Bonchev–Trinajstić information content (AvgIpc) is 3.11. The summed E-state index contributed by atoms with van der Waals surface area (Å²) in [5.41, 5.74) is 4.44. The molecule has 3 aromatic heterocycles. The Morgan fingerprint density at radius 2 is 1.97 bits per heavy atom. The number of nitrogens with one attached hydrogen (secondary N) is 1. The Morgan fingerprint density at radius 1 is 1.15 bits per heavy atom. The number of allylic oxidation sites excluding steroid dienone is 1. The second-order valence-corrected chi connectivity index (χ2v) is 8.55. The molecule has 0 spiro atoms. The summed E-state index contributed by atoms with van der Waals surface area (Å²) in [6.07, 6.45) is 6.66. The largest absolute Gasteiger partial charge is 0.369 e. The van der Waals surface area contributed by atoms with E-state index in [1.165, 1.54) is 11.3 Å². The number of hydrogen-bond acceptors (Lipinski definition) is 7. The van der Waals surface area contributed by atoms with E-state index in [-0.39, 0.29) is 5.56 Å². The minimum atomic E-state index is -0.169. The minimum Gasteiger partial charge on any atom is -0.369 e. The highest BCUT2D eigenvalue weighted by molar-refractivity contribution is 5.77. The molecule has 0 radical (unpaired) electrons. The van der Waals surface area contributed by atoms with E-state index < -0.39 is 0 Å². The highest BCUT2D eigenvalue weighted by atomic mass is 16.1. The molecule has 1 aliphatic rings. The highest BCUT2D eigenvalue weighted by Gasteiger charge is 2.18. The molecule has 174 valence electrons. The molecule has 0 atom stereocenters. The second kappa shape index (κ2) is 9.11. The number of benzene rings is 1. The van der Waals surface area contributed by atoms with Crippen molar-refractivity contribution in [3.63, 3.8) is 0 Å². The third-order valence-electron chi connectivity index (χ3n) is 6.16. The number of fused-ring (bicyclic) bond motifs is 1. The average molecular weight is 457 g/mol. The third-order valence-corrected chi connectivity index (χ3v) is 6.16. The predicted molar refractivity (Wildman–Crippen MR) is 135 cm³/mol. The van der Waals surface area contributed by atoms with Crippen LogP contribution in [0, 0.1) is 6.92 Å². The van der Waals surface area contributed by atoms with Crippen molar-refractivity contribution in [2.24, 2.45) is 0 Å². The van der Waals surface area contributed by atoms with Crippen molar-refractivity contribution in [2.45, 2.75) is 13.5 Å².